The van der Waals surface area contributed by atoms with Gasteiger partial charge in [-0.2, -0.15) is 0 Å². The molecule has 1 aliphatic rings. The van der Waals surface area contributed by atoms with Crippen molar-refractivity contribution in [3.05, 3.63) is 102 Å². The Balaban J connectivity index is 1.30. The van der Waals surface area contributed by atoms with Gasteiger partial charge in [-0.15, -0.1) is 0 Å². The predicted octanol–water partition coefficient (Wildman–Crippen LogP) is 4.69. The number of amides is 1. The summed E-state index contributed by atoms with van der Waals surface area (Å²) in [5, 5.41) is 0. The van der Waals surface area contributed by atoms with Gasteiger partial charge >= 0.3 is 0 Å². The van der Waals surface area contributed by atoms with E-state index in [0.29, 0.717) is 31.2 Å². The lowest BCUT2D eigenvalue weighted by atomic mass is 9.77. The zero-order valence-corrected chi connectivity index (χ0v) is 19.7. The van der Waals surface area contributed by atoms with Gasteiger partial charge in [-0.1, -0.05) is 60.7 Å². The molecule has 0 saturated carbocycles. The average molecular weight is 475 g/mol. The maximum Gasteiger partial charge on any atom is 0.260 e. The highest BCUT2D eigenvalue weighted by molar-refractivity contribution is 5.93. The first kappa shape index (κ1) is 24.6. The van der Waals surface area contributed by atoms with Gasteiger partial charge in [0.15, 0.2) is 12.4 Å². The third-order valence-electron chi connectivity index (χ3n) is 6.82. The number of piperidine rings is 1. The number of nitrogens with zero attached hydrogens (tertiary/aromatic N) is 1. The summed E-state index contributed by atoms with van der Waals surface area (Å²) in [5.41, 5.74) is 7.21. The Labute approximate surface area is 205 Å². The number of ketones is 1. The summed E-state index contributed by atoms with van der Waals surface area (Å²) in [6.45, 7) is 1.20. The zero-order valence-electron chi connectivity index (χ0n) is 19.7. The molecule has 6 heteroatoms. The Kier molecular flexibility index (Phi) is 7.93. The number of carbonyl (C=O) groups excluding carboxylic acids is 2. The predicted molar refractivity (Wildman–Crippen MR) is 133 cm³/mol. The minimum Gasteiger partial charge on any atom is -0.484 e. The molecule has 3 aromatic rings. The minimum atomic E-state index is -1.18. The highest BCUT2D eigenvalue weighted by Gasteiger charge is 2.37. The van der Waals surface area contributed by atoms with Gasteiger partial charge < -0.3 is 15.4 Å². The lowest BCUT2D eigenvalue weighted by Crippen LogP contribution is -2.46. The molecule has 0 aliphatic carbocycles. The average Bonchev–Trinajstić information content (AvgIpc) is 2.92. The van der Waals surface area contributed by atoms with Crippen LogP contribution in [0.3, 0.4) is 0 Å². The number of hydrogen-bond acceptors (Lipinski definition) is 4. The fourth-order valence-corrected chi connectivity index (χ4v) is 4.66. The quantitative estimate of drug-likeness (QED) is 0.488. The number of halogens is 1. The zero-order chi connectivity index (χ0) is 24.7. The molecular formula is C29H31FN2O3. The summed E-state index contributed by atoms with van der Waals surface area (Å²) in [4.78, 5) is 27.8. The highest BCUT2D eigenvalue weighted by atomic mass is 19.1. The van der Waals surface area contributed by atoms with Gasteiger partial charge in [-0.3, -0.25) is 9.59 Å². The summed E-state index contributed by atoms with van der Waals surface area (Å²) in [5.74, 6) is 0.398. The minimum absolute atomic E-state index is 0.00102. The third-order valence-corrected chi connectivity index (χ3v) is 6.82. The van der Waals surface area contributed by atoms with Gasteiger partial charge in [0, 0.05) is 19.5 Å². The van der Waals surface area contributed by atoms with Crippen LogP contribution in [0.15, 0.2) is 84.9 Å². The summed E-state index contributed by atoms with van der Waals surface area (Å²) in [7, 11) is 0. The van der Waals surface area contributed by atoms with Crippen molar-refractivity contribution < 1.29 is 18.7 Å². The molecule has 5 nitrogen and oxygen atoms in total. The number of Topliss-reactive ketones (excluding diaryl/α,β-unsaturated/α-hetero) is 1. The molecule has 3 aromatic carbocycles. The van der Waals surface area contributed by atoms with Crippen LogP contribution in [0.4, 0.5) is 4.39 Å². The van der Waals surface area contributed by atoms with E-state index in [9.17, 15) is 14.0 Å². The Bertz CT molecular complexity index is 1070. The second-order valence-electron chi connectivity index (χ2n) is 9.07. The summed E-state index contributed by atoms with van der Waals surface area (Å²) in [6.07, 6.45) is 2.80. The molecule has 0 unspecified atom stereocenters. The summed E-state index contributed by atoms with van der Waals surface area (Å²) >= 11 is 0. The number of hydrogen-bond donors (Lipinski definition) is 1. The number of carbonyl (C=O) groups is 2. The molecule has 0 radical (unpaired) electrons. The largest absolute Gasteiger partial charge is 0.484 e. The summed E-state index contributed by atoms with van der Waals surface area (Å²) in [6, 6.07) is 24.7. The third kappa shape index (κ3) is 5.95. The fourth-order valence-electron chi connectivity index (χ4n) is 4.66. The molecule has 0 bridgehead atoms. The molecule has 4 rings (SSSR count). The summed E-state index contributed by atoms with van der Waals surface area (Å²) < 4.78 is 18.5. The van der Waals surface area contributed by atoms with Crippen LogP contribution in [0.5, 0.6) is 5.75 Å². The molecule has 0 atom stereocenters. The van der Waals surface area contributed by atoms with E-state index in [1.165, 1.54) is 24.3 Å². The van der Waals surface area contributed by atoms with E-state index in [4.69, 9.17) is 10.5 Å². The maximum absolute atomic E-state index is 13.5. The van der Waals surface area contributed by atoms with Crippen LogP contribution in [-0.4, -0.2) is 36.3 Å². The second kappa shape index (κ2) is 11.3. The SMILES string of the molecule is NC(C(=O)CCC1CCN(C(=O)COc2ccc(F)cc2)CC1)(c1ccccc1)c1ccccc1. The van der Waals surface area contributed by atoms with Crippen molar-refractivity contribution in [3.63, 3.8) is 0 Å². The van der Waals surface area contributed by atoms with Crippen LogP contribution in [0, 0.1) is 11.7 Å². The topological polar surface area (TPSA) is 72.6 Å². The van der Waals surface area contributed by atoms with Crippen molar-refractivity contribution in [1.82, 2.24) is 4.90 Å². The molecule has 1 heterocycles. The van der Waals surface area contributed by atoms with Gasteiger partial charge in [0.05, 0.1) is 0 Å². The van der Waals surface area contributed by atoms with Crippen LogP contribution < -0.4 is 10.5 Å². The van der Waals surface area contributed by atoms with E-state index in [1.54, 1.807) is 4.90 Å². The van der Waals surface area contributed by atoms with E-state index in [0.717, 1.165) is 30.4 Å². The van der Waals surface area contributed by atoms with Gasteiger partial charge in [0.1, 0.15) is 17.1 Å². The van der Waals surface area contributed by atoms with Crippen molar-refractivity contribution in [2.75, 3.05) is 19.7 Å². The van der Waals surface area contributed by atoms with Gasteiger partial charge in [0.2, 0.25) is 0 Å². The molecule has 35 heavy (non-hydrogen) atoms. The van der Waals surface area contributed by atoms with E-state index >= 15 is 0 Å². The first-order chi connectivity index (χ1) is 17.0. The van der Waals surface area contributed by atoms with E-state index in [-0.39, 0.29) is 24.1 Å². The van der Waals surface area contributed by atoms with E-state index < -0.39 is 5.54 Å². The van der Waals surface area contributed by atoms with Crippen LogP contribution in [-0.2, 0) is 15.1 Å². The molecule has 182 valence electrons. The lowest BCUT2D eigenvalue weighted by molar-refractivity contribution is -0.135. The Morgan fingerprint density at radius 2 is 1.43 bits per heavy atom. The van der Waals surface area contributed by atoms with Crippen molar-refractivity contribution in [2.24, 2.45) is 11.7 Å². The van der Waals surface area contributed by atoms with Crippen LogP contribution in [0.25, 0.3) is 0 Å². The van der Waals surface area contributed by atoms with Crippen molar-refractivity contribution in [2.45, 2.75) is 31.2 Å². The fraction of sp³-hybridized carbons (Fsp3) is 0.310. The van der Waals surface area contributed by atoms with E-state index in [2.05, 4.69) is 0 Å². The lowest BCUT2D eigenvalue weighted by Gasteiger charge is -2.33. The molecule has 0 aromatic heterocycles. The molecule has 2 N–H and O–H groups in total. The highest BCUT2D eigenvalue weighted by Crippen LogP contribution is 2.31. The normalized spacial score (nSPS) is 14.5. The molecule has 1 aliphatic heterocycles. The smallest absolute Gasteiger partial charge is 0.260 e. The monoisotopic (exact) mass is 474 g/mol. The Hall–Kier alpha value is -3.51. The van der Waals surface area contributed by atoms with Gasteiger partial charge in [-0.05, 0) is 60.6 Å². The number of rotatable bonds is 9. The Morgan fingerprint density at radius 1 is 0.886 bits per heavy atom. The number of ether oxygens (including phenoxy) is 1. The second-order valence-corrected chi connectivity index (χ2v) is 9.07. The molecule has 1 amide bonds. The van der Waals surface area contributed by atoms with E-state index in [1.807, 2.05) is 60.7 Å². The van der Waals surface area contributed by atoms with Crippen molar-refractivity contribution in [3.8, 4) is 5.75 Å². The standard InChI is InChI=1S/C29H31FN2O3/c30-25-12-14-26(15-13-25)35-21-28(34)32-19-17-22(18-20-32)11-16-27(33)29(31,23-7-3-1-4-8-23)24-9-5-2-6-10-24/h1-10,12-15,22H,11,16-21,31H2. The first-order valence-electron chi connectivity index (χ1n) is 12.1. The van der Waals surface area contributed by atoms with Crippen LogP contribution >= 0.6 is 0 Å². The molecular weight excluding hydrogens is 443 g/mol. The number of nitrogens with two attached hydrogens (primary N) is 1. The number of benzene rings is 3. The molecule has 0 spiro atoms. The van der Waals surface area contributed by atoms with Crippen molar-refractivity contribution in [1.29, 1.82) is 0 Å². The van der Waals surface area contributed by atoms with Gasteiger partial charge in [0.25, 0.3) is 5.91 Å². The maximum atomic E-state index is 13.5. The number of likely N-dealkylation sites (tertiary alicyclic amines) is 1. The first-order valence-corrected chi connectivity index (χ1v) is 12.1. The van der Waals surface area contributed by atoms with Gasteiger partial charge in [-0.25, -0.2) is 4.39 Å². The molecule has 1 saturated heterocycles. The van der Waals surface area contributed by atoms with Crippen LogP contribution in [0.1, 0.15) is 36.8 Å². The Morgan fingerprint density at radius 3 is 1.97 bits per heavy atom. The van der Waals surface area contributed by atoms with Crippen molar-refractivity contribution >= 4 is 11.7 Å². The molecule has 1 fully saturated rings. The van der Waals surface area contributed by atoms with Crippen LogP contribution in [0.2, 0.25) is 0 Å².